The number of hydrogen-bond acceptors (Lipinski definition) is 3. The molecule has 0 radical (unpaired) electrons. The van der Waals surface area contributed by atoms with E-state index in [-0.39, 0.29) is 11.9 Å². The van der Waals surface area contributed by atoms with Crippen LogP contribution < -0.4 is 5.32 Å². The predicted octanol–water partition coefficient (Wildman–Crippen LogP) is 1.79. The molecule has 3 unspecified atom stereocenters. The van der Waals surface area contributed by atoms with Gasteiger partial charge in [-0.25, -0.2) is 0 Å². The van der Waals surface area contributed by atoms with E-state index < -0.39 is 0 Å². The van der Waals surface area contributed by atoms with Gasteiger partial charge in [-0.05, 0) is 38.5 Å². The van der Waals surface area contributed by atoms with Crippen LogP contribution in [-0.4, -0.2) is 49.7 Å². The maximum absolute atomic E-state index is 12.4. The van der Waals surface area contributed by atoms with Crippen LogP contribution in [0.25, 0.3) is 0 Å². The number of likely N-dealkylation sites (N-methyl/N-ethyl adjacent to an activating group) is 1. The molecular formula is C15H28N2O2. The van der Waals surface area contributed by atoms with Crippen molar-refractivity contribution in [1.82, 2.24) is 10.2 Å². The normalized spacial score (nSPS) is 30.7. The van der Waals surface area contributed by atoms with Crippen LogP contribution >= 0.6 is 0 Å². The lowest BCUT2D eigenvalue weighted by Crippen LogP contribution is -2.55. The van der Waals surface area contributed by atoms with E-state index in [0.29, 0.717) is 25.8 Å². The first-order chi connectivity index (χ1) is 9.22. The lowest BCUT2D eigenvalue weighted by Gasteiger charge is -2.40. The summed E-state index contributed by atoms with van der Waals surface area (Å²) in [5.41, 5.74) is 0. The zero-order valence-electron chi connectivity index (χ0n) is 12.4. The molecule has 1 N–H and O–H groups in total. The maximum atomic E-state index is 12.4. The van der Waals surface area contributed by atoms with Crippen molar-refractivity contribution in [2.45, 2.75) is 57.5 Å². The molecular weight excluding hydrogens is 240 g/mol. The van der Waals surface area contributed by atoms with Gasteiger partial charge in [0.05, 0.1) is 12.6 Å². The van der Waals surface area contributed by atoms with Crippen LogP contribution in [0.3, 0.4) is 0 Å². The molecule has 1 amide bonds. The highest BCUT2D eigenvalue weighted by Gasteiger charge is 2.35. The third kappa shape index (κ3) is 3.93. The third-order valence-electron chi connectivity index (χ3n) is 4.60. The van der Waals surface area contributed by atoms with Crippen molar-refractivity contribution in [2.75, 3.05) is 26.8 Å². The summed E-state index contributed by atoms with van der Waals surface area (Å²) >= 11 is 0. The quantitative estimate of drug-likeness (QED) is 0.773. The Morgan fingerprint density at radius 1 is 1.26 bits per heavy atom. The van der Waals surface area contributed by atoms with Crippen molar-refractivity contribution >= 4 is 5.91 Å². The lowest BCUT2D eigenvalue weighted by atomic mass is 9.77. The monoisotopic (exact) mass is 268 g/mol. The maximum Gasteiger partial charge on any atom is 0.239 e. The average Bonchev–Trinajstić information content (AvgIpc) is 2.46. The summed E-state index contributed by atoms with van der Waals surface area (Å²) in [6, 6.07) is 0.614. The van der Waals surface area contributed by atoms with Crippen molar-refractivity contribution in [3.8, 4) is 0 Å². The molecule has 4 nitrogen and oxygen atoms in total. The van der Waals surface area contributed by atoms with E-state index in [1.54, 1.807) is 0 Å². The van der Waals surface area contributed by atoms with Crippen molar-refractivity contribution in [3.63, 3.8) is 0 Å². The fourth-order valence-electron chi connectivity index (χ4n) is 3.41. The summed E-state index contributed by atoms with van der Waals surface area (Å²) in [5, 5.41) is 3.59. The number of hydrogen-bond donors (Lipinski definition) is 1. The molecule has 1 heterocycles. The number of nitrogens with zero attached hydrogens (tertiary/aromatic N) is 1. The Bertz CT molecular complexity index is 296. The van der Waals surface area contributed by atoms with Gasteiger partial charge in [0.15, 0.2) is 0 Å². The summed E-state index contributed by atoms with van der Waals surface area (Å²) in [5.74, 6) is 1.05. The first kappa shape index (κ1) is 14.8. The minimum atomic E-state index is 0.0333. The number of nitrogens with one attached hydrogen (secondary N) is 1. The van der Waals surface area contributed by atoms with Crippen LogP contribution in [0.5, 0.6) is 0 Å². The molecule has 2 aliphatic rings. The summed E-state index contributed by atoms with van der Waals surface area (Å²) in [7, 11) is 1.88. The fraction of sp³-hybridized carbons (Fsp3) is 0.933. The standard InChI is InChI=1S/C15H28N2O2/c1-3-19-11-10-17(2)15(18)14-9-8-12-6-4-5-7-13(12)16-14/h12-14,16H,3-11H2,1-2H3. The molecule has 19 heavy (non-hydrogen) atoms. The Balaban J connectivity index is 1.79. The second-order valence-corrected chi connectivity index (χ2v) is 5.90. The predicted molar refractivity (Wildman–Crippen MR) is 76.0 cm³/mol. The molecule has 0 aromatic heterocycles. The molecule has 1 saturated carbocycles. The number of amides is 1. The Hall–Kier alpha value is -0.610. The van der Waals surface area contributed by atoms with Crippen LogP contribution in [0, 0.1) is 5.92 Å². The van der Waals surface area contributed by atoms with Gasteiger partial charge < -0.3 is 15.0 Å². The Morgan fingerprint density at radius 3 is 2.84 bits per heavy atom. The number of piperidine rings is 1. The Labute approximate surface area is 116 Å². The highest BCUT2D eigenvalue weighted by Crippen LogP contribution is 2.32. The Kier molecular flexibility index (Phi) is 5.64. The SMILES string of the molecule is CCOCCN(C)C(=O)C1CCC2CCCCC2N1. The smallest absolute Gasteiger partial charge is 0.239 e. The second kappa shape index (κ2) is 7.25. The minimum absolute atomic E-state index is 0.0333. The molecule has 0 spiro atoms. The van der Waals surface area contributed by atoms with E-state index in [1.165, 1.54) is 32.1 Å². The van der Waals surface area contributed by atoms with Gasteiger partial charge in [-0.1, -0.05) is 12.8 Å². The van der Waals surface area contributed by atoms with Crippen molar-refractivity contribution < 1.29 is 9.53 Å². The van der Waals surface area contributed by atoms with E-state index in [1.807, 2.05) is 18.9 Å². The van der Waals surface area contributed by atoms with Gasteiger partial charge in [-0.3, -0.25) is 4.79 Å². The number of ether oxygens (including phenoxy) is 1. The Morgan fingerprint density at radius 2 is 2.05 bits per heavy atom. The van der Waals surface area contributed by atoms with Crippen LogP contribution in [0.15, 0.2) is 0 Å². The van der Waals surface area contributed by atoms with Gasteiger partial charge >= 0.3 is 0 Å². The van der Waals surface area contributed by atoms with E-state index in [9.17, 15) is 4.79 Å². The minimum Gasteiger partial charge on any atom is -0.380 e. The van der Waals surface area contributed by atoms with E-state index in [4.69, 9.17) is 4.74 Å². The van der Waals surface area contributed by atoms with Crippen molar-refractivity contribution in [2.24, 2.45) is 5.92 Å². The molecule has 3 atom stereocenters. The highest BCUT2D eigenvalue weighted by molar-refractivity contribution is 5.81. The largest absolute Gasteiger partial charge is 0.380 e. The van der Waals surface area contributed by atoms with E-state index in [2.05, 4.69) is 5.32 Å². The van der Waals surface area contributed by atoms with E-state index >= 15 is 0 Å². The van der Waals surface area contributed by atoms with Gasteiger partial charge in [0.2, 0.25) is 5.91 Å². The molecule has 1 saturated heterocycles. The summed E-state index contributed by atoms with van der Waals surface area (Å²) < 4.78 is 5.31. The number of carbonyl (C=O) groups is 1. The second-order valence-electron chi connectivity index (χ2n) is 5.90. The van der Waals surface area contributed by atoms with Gasteiger partial charge in [0.1, 0.15) is 0 Å². The van der Waals surface area contributed by atoms with Gasteiger partial charge in [-0.2, -0.15) is 0 Å². The lowest BCUT2D eigenvalue weighted by molar-refractivity contribution is -0.134. The van der Waals surface area contributed by atoms with Gasteiger partial charge in [0.25, 0.3) is 0 Å². The van der Waals surface area contributed by atoms with Gasteiger partial charge in [-0.15, -0.1) is 0 Å². The molecule has 110 valence electrons. The zero-order valence-corrected chi connectivity index (χ0v) is 12.4. The highest BCUT2D eigenvalue weighted by atomic mass is 16.5. The summed E-state index contributed by atoms with van der Waals surface area (Å²) in [4.78, 5) is 14.2. The molecule has 1 aliphatic heterocycles. The first-order valence-electron chi connectivity index (χ1n) is 7.81. The first-order valence-corrected chi connectivity index (χ1v) is 7.81. The van der Waals surface area contributed by atoms with E-state index in [0.717, 1.165) is 12.3 Å². The molecule has 0 aromatic carbocycles. The molecule has 0 bridgehead atoms. The molecule has 1 aliphatic carbocycles. The van der Waals surface area contributed by atoms with Crippen LogP contribution in [-0.2, 0) is 9.53 Å². The average molecular weight is 268 g/mol. The van der Waals surface area contributed by atoms with Crippen LogP contribution in [0.2, 0.25) is 0 Å². The number of rotatable bonds is 5. The topological polar surface area (TPSA) is 41.6 Å². The van der Waals surface area contributed by atoms with Crippen molar-refractivity contribution in [3.05, 3.63) is 0 Å². The number of carbonyl (C=O) groups excluding carboxylic acids is 1. The molecule has 2 rings (SSSR count). The third-order valence-corrected chi connectivity index (χ3v) is 4.60. The molecule has 2 fully saturated rings. The summed E-state index contributed by atoms with van der Waals surface area (Å²) in [6.07, 6.45) is 7.49. The van der Waals surface area contributed by atoms with Crippen LogP contribution in [0.1, 0.15) is 45.4 Å². The van der Waals surface area contributed by atoms with Crippen molar-refractivity contribution in [1.29, 1.82) is 0 Å². The van der Waals surface area contributed by atoms with Crippen LogP contribution in [0.4, 0.5) is 0 Å². The molecule has 0 aromatic rings. The molecule has 4 heteroatoms. The van der Waals surface area contributed by atoms with Gasteiger partial charge in [0, 0.05) is 26.2 Å². The summed E-state index contributed by atoms with van der Waals surface area (Å²) in [6.45, 7) is 4.03. The zero-order chi connectivity index (χ0) is 13.7. The fourth-order valence-corrected chi connectivity index (χ4v) is 3.41. The number of fused-ring (bicyclic) bond motifs is 1.